The lowest BCUT2D eigenvalue weighted by Crippen LogP contribution is -2.48. The molecule has 0 spiro atoms. The summed E-state index contributed by atoms with van der Waals surface area (Å²) < 4.78 is 5.90. The third-order valence-electron chi connectivity index (χ3n) is 3.90. The van der Waals surface area contributed by atoms with Gasteiger partial charge in [-0.15, -0.1) is 0 Å². The normalized spacial score (nSPS) is 23.7. The standard InChI is InChI=1S/C15H28O2/c1-11(2)10-12(16)17-13-14(3,4)8-7-9-15(13,5)6/h11,13H,7-10H2,1-6H3/p+1. The van der Waals surface area contributed by atoms with Crippen LogP contribution in [0, 0.1) is 16.7 Å². The van der Waals surface area contributed by atoms with Crippen molar-refractivity contribution in [2.45, 2.75) is 73.3 Å². The van der Waals surface area contributed by atoms with Crippen LogP contribution >= 0.6 is 0 Å². The second kappa shape index (κ2) is 4.99. The van der Waals surface area contributed by atoms with Crippen LogP contribution in [0.5, 0.6) is 0 Å². The fourth-order valence-corrected chi connectivity index (χ4v) is 3.17. The van der Waals surface area contributed by atoms with Crippen molar-refractivity contribution < 1.29 is 9.53 Å². The molecular formula is C15H29O2+. The van der Waals surface area contributed by atoms with Gasteiger partial charge in [-0.2, -0.15) is 0 Å². The summed E-state index contributed by atoms with van der Waals surface area (Å²) >= 11 is 0. The van der Waals surface area contributed by atoms with Gasteiger partial charge in [0.15, 0.2) is 0 Å². The van der Waals surface area contributed by atoms with E-state index in [1.165, 1.54) is 19.3 Å². The summed E-state index contributed by atoms with van der Waals surface area (Å²) in [6.45, 7) is 13.2. The monoisotopic (exact) mass is 241 g/mol. The maximum absolute atomic E-state index is 9.93. The van der Waals surface area contributed by atoms with Gasteiger partial charge in [-0.25, -0.2) is 0 Å². The molecule has 17 heavy (non-hydrogen) atoms. The SMILES string of the molecule is CC(C)CC(=[OH+])OC1C(C)(C)CCCC1(C)C. The summed E-state index contributed by atoms with van der Waals surface area (Å²) in [7, 11) is 0. The van der Waals surface area contributed by atoms with Crippen molar-refractivity contribution in [1.29, 1.82) is 0 Å². The van der Waals surface area contributed by atoms with Crippen LogP contribution in [0.2, 0.25) is 0 Å². The molecule has 0 aliphatic heterocycles. The van der Waals surface area contributed by atoms with Crippen LogP contribution in [-0.4, -0.2) is 16.9 Å². The molecule has 1 N–H and O–H groups in total. The highest BCUT2D eigenvalue weighted by Crippen LogP contribution is 2.47. The Hall–Kier alpha value is -0.530. The molecule has 1 aliphatic rings. The molecule has 0 saturated heterocycles. The van der Waals surface area contributed by atoms with Gasteiger partial charge in [0.1, 0.15) is 6.42 Å². The Labute approximate surface area is 106 Å². The largest absolute Gasteiger partial charge is 0.483 e. The second-order valence-electron chi connectivity index (χ2n) is 7.32. The van der Waals surface area contributed by atoms with Crippen molar-refractivity contribution in [3.8, 4) is 0 Å². The van der Waals surface area contributed by atoms with E-state index >= 15 is 0 Å². The molecule has 0 atom stereocenters. The second-order valence-corrected chi connectivity index (χ2v) is 7.32. The summed E-state index contributed by atoms with van der Waals surface area (Å²) in [6, 6.07) is 0. The summed E-state index contributed by atoms with van der Waals surface area (Å²) in [4.78, 5) is 9.93. The number of hydrogen-bond donors (Lipinski definition) is 0. The summed E-state index contributed by atoms with van der Waals surface area (Å²) in [6.07, 6.45) is 4.36. The average molecular weight is 241 g/mol. The Morgan fingerprint density at radius 1 is 1.18 bits per heavy atom. The maximum atomic E-state index is 9.93. The lowest BCUT2D eigenvalue weighted by atomic mass is 9.63. The Bertz CT molecular complexity index is 261. The summed E-state index contributed by atoms with van der Waals surface area (Å²) in [5.74, 6) is 0.651. The Balaban J connectivity index is 2.73. The smallest absolute Gasteiger partial charge is 0.339 e. The first-order valence-electron chi connectivity index (χ1n) is 6.86. The van der Waals surface area contributed by atoms with Crippen molar-refractivity contribution in [3.63, 3.8) is 0 Å². The van der Waals surface area contributed by atoms with Crippen LogP contribution in [0.25, 0.3) is 0 Å². The lowest BCUT2D eigenvalue weighted by molar-refractivity contribution is -0.0716. The highest BCUT2D eigenvalue weighted by Gasteiger charge is 2.50. The van der Waals surface area contributed by atoms with Crippen LogP contribution in [0.4, 0.5) is 0 Å². The molecule has 1 saturated carbocycles. The van der Waals surface area contributed by atoms with E-state index in [-0.39, 0.29) is 22.9 Å². The van der Waals surface area contributed by atoms with Gasteiger partial charge in [0, 0.05) is 10.8 Å². The van der Waals surface area contributed by atoms with E-state index in [4.69, 9.17) is 4.74 Å². The molecule has 1 rings (SSSR count). The van der Waals surface area contributed by atoms with Crippen LogP contribution in [0.1, 0.15) is 67.2 Å². The first-order chi connectivity index (χ1) is 7.65. The van der Waals surface area contributed by atoms with E-state index in [1.807, 2.05) is 0 Å². The number of carbonyl (C=O) groups excluding carboxylic acids is 1. The summed E-state index contributed by atoms with van der Waals surface area (Å²) in [5, 5.41) is 0. The fourth-order valence-electron chi connectivity index (χ4n) is 3.17. The number of esters is 1. The van der Waals surface area contributed by atoms with E-state index in [2.05, 4.69) is 41.5 Å². The topological polar surface area (TPSA) is 30.6 Å². The molecule has 1 aliphatic carbocycles. The predicted octanol–water partition coefficient (Wildman–Crippen LogP) is 4.16. The van der Waals surface area contributed by atoms with Crippen LogP contribution in [-0.2, 0) is 4.74 Å². The van der Waals surface area contributed by atoms with Crippen LogP contribution in [0.15, 0.2) is 0 Å². The van der Waals surface area contributed by atoms with Crippen LogP contribution < -0.4 is 0 Å². The van der Waals surface area contributed by atoms with Gasteiger partial charge in [0.05, 0.1) is 0 Å². The lowest BCUT2D eigenvalue weighted by Gasteiger charge is -2.43. The zero-order valence-electron chi connectivity index (χ0n) is 12.3. The van der Waals surface area contributed by atoms with Gasteiger partial charge in [0.2, 0.25) is 6.10 Å². The molecule has 100 valence electrons. The highest BCUT2D eigenvalue weighted by molar-refractivity contribution is 5.71. The molecule has 2 heteroatoms. The number of hydrogen-bond acceptors (Lipinski definition) is 1. The van der Waals surface area contributed by atoms with Gasteiger partial charge in [-0.1, -0.05) is 48.0 Å². The zero-order valence-corrected chi connectivity index (χ0v) is 12.3. The van der Waals surface area contributed by atoms with E-state index < -0.39 is 0 Å². The van der Waals surface area contributed by atoms with E-state index in [1.54, 1.807) is 0 Å². The third-order valence-corrected chi connectivity index (χ3v) is 3.90. The third kappa shape index (κ3) is 3.72. The Morgan fingerprint density at radius 2 is 1.65 bits per heavy atom. The van der Waals surface area contributed by atoms with Gasteiger partial charge in [-0.05, 0) is 18.8 Å². The van der Waals surface area contributed by atoms with Crippen LogP contribution in [0.3, 0.4) is 0 Å². The molecule has 0 heterocycles. The first kappa shape index (κ1) is 14.5. The van der Waals surface area contributed by atoms with E-state index in [9.17, 15) is 4.79 Å². The minimum atomic E-state index is 0.113. The molecule has 0 aromatic heterocycles. The molecule has 0 radical (unpaired) electrons. The van der Waals surface area contributed by atoms with Gasteiger partial charge >= 0.3 is 5.97 Å². The number of rotatable bonds is 3. The molecule has 0 aromatic carbocycles. The van der Waals surface area contributed by atoms with Crippen molar-refractivity contribution in [2.24, 2.45) is 16.7 Å². The van der Waals surface area contributed by atoms with Crippen molar-refractivity contribution in [2.75, 3.05) is 0 Å². The zero-order chi connectivity index (χ0) is 13.3. The van der Waals surface area contributed by atoms with Crippen molar-refractivity contribution in [3.05, 3.63) is 0 Å². The maximum Gasteiger partial charge on any atom is 0.483 e. The average Bonchev–Trinajstić information content (AvgIpc) is 2.09. The highest BCUT2D eigenvalue weighted by atomic mass is 16.5. The van der Waals surface area contributed by atoms with Crippen molar-refractivity contribution in [1.82, 2.24) is 0 Å². The Kier molecular flexibility index (Phi) is 4.27. The molecule has 0 amide bonds. The van der Waals surface area contributed by atoms with E-state index in [0.29, 0.717) is 12.3 Å². The fraction of sp³-hybridized carbons (Fsp3) is 0.933. The van der Waals surface area contributed by atoms with Gasteiger partial charge < -0.3 is 9.53 Å². The minimum absolute atomic E-state index is 0.113. The molecular weight excluding hydrogens is 212 g/mol. The van der Waals surface area contributed by atoms with Crippen molar-refractivity contribution >= 4 is 5.97 Å². The number of ether oxygens (including phenoxy) is 1. The molecule has 1 fully saturated rings. The predicted molar refractivity (Wildman–Crippen MR) is 72.7 cm³/mol. The molecule has 0 aromatic rings. The summed E-state index contributed by atoms with van der Waals surface area (Å²) in [5.41, 5.74) is 0.291. The molecule has 0 bridgehead atoms. The first-order valence-corrected chi connectivity index (χ1v) is 6.86. The minimum Gasteiger partial charge on any atom is -0.339 e. The quantitative estimate of drug-likeness (QED) is 0.539. The Morgan fingerprint density at radius 3 is 2.06 bits per heavy atom. The molecule has 0 unspecified atom stereocenters. The van der Waals surface area contributed by atoms with Gasteiger partial charge in [-0.3, -0.25) is 0 Å². The van der Waals surface area contributed by atoms with E-state index in [0.717, 1.165) is 0 Å². The van der Waals surface area contributed by atoms with Gasteiger partial charge in [0.25, 0.3) is 0 Å². The molecule has 2 nitrogen and oxygen atoms in total.